The fourth-order valence-electron chi connectivity index (χ4n) is 1.17. The second-order valence-corrected chi connectivity index (χ2v) is 2.56. The van der Waals surface area contributed by atoms with Crippen LogP contribution in [0.2, 0.25) is 0 Å². The van der Waals surface area contributed by atoms with E-state index in [1.165, 1.54) is 0 Å². The van der Waals surface area contributed by atoms with E-state index >= 15 is 0 Å². The van der Waals surface area contributed by atoms with Crippen LogP contribution in [-0.2, 0) is 9.53 Å². The van der Waals surface area contributed by atoms with E-state index in [0.717, 1.165) is 0 Å². The molecule has 1 rings (SSSR count). The number of carbonyl (C=O) groups is 1. The lowest BCUT2D eigenvalue weighted by Gasteiger charge is -2.21. The average molecular weight is 156 g/mol. The first-order valence-corrected chi connectivity index (χ1v) is 3.72. The van der Waals surface area contributed by atoms with Crippen molar-refractivity contribution in [1.29, 1.82) is 0 Å². The lowest BCUT2D eigenvalue weighted by atomic mass is 9.97. The van der Waals surface area contributed by atoms with Crippen molar-refractivity contribution in [2.24, 2.45) is 10.7 Å². The van der Waals surface area contributed by atoms with Crippen LogP contribution in [0.1, 0.15) is 26.7 Å². The predicted octanol–water partition coefficient (Wildman–Crippen LogP) is 0.417. The number of hydrogen-bond acceptors (Lipinski definition) is 3. The van der Waals surface area contributed by atoms with Gasteiger partial charge in [-0.3, -0.25) is 4.79 Å². The fraction of sp³-hybridized carbons (Fsp3) is 0.714. The first kappa shape index (κ1) is 8.04. The molecule has 0 spiro atoms. The lowest BCUT2D eigenvalue weighted by molar-refractivity contribution is -0.131. The van der Waals surface area contributed by atoms with Gasteiger partial charge in [-0.05, 0) is 12.8 Å². The molecule has 0 saturated carbocycles. The number of amidine groups is 1. The molecule has 4 heteroatoms. The van der Waals surface area contributed by atoms with E-state index in [2.05, 4.69) is 4.99 Å². The SMILES string of the molecule is CCC1(CC)OC(N)=NC1=O. The molecule has 0 saturated heterocycles. The quantitative estimate of drug-likeness (QED) is 0.630. The molecule has 2 N–H and O–H groups in total. The van der Waals surface area contributed by atoms with Gasteiger partial charge in [-0.25, -0.2) is 0 Å². The molecule has 0 aliphatic carbocycles. The molecule has 1 heterocycles. The third-order valence-corrected chi connectivity index (χ3v) is 2.04. The molecule has 0 aromatic rings. The van der Waals surface area contributed by atoms with Crippen LogP contribution in [0.15, 0.2) is 4.99 Å². The zero-order valence-corrected chi connectivity index (χ0v) is 6.76. The van der Waals surface area contributed by atoms with E-state index in [-0.39, 0.29) is 11.9 Å². The van der Waals surface area contributed by atoms with Crippen LogP contribution in [0.5, 0.6) is 0 Å². The van der Waals surface area contributed by atoms with Crippen LogP contribution in [-0.4, -0.2) is 17.5 Å². The summed E-state index contributed by atoms with van der Waals surface area (Å²) in [4.78, 5) is 14.7. The molecular weight excluding hydrogens is 144 g/mol. The van der Waals surface area contributed by atoms with Gasteiger partial charge < -0.3 is 10.5 Å². The van der Waals surface area contributed by atoms with E-state index in [1.807, 2.05) is 13.8 Å². The van der Waals surface area contributed by atoms with Crippen molar-refractivity contribution in [3.63, 3.8) is 0 Å². The number of amides is 1. The maximum Gasteiger partial charge on any atom is 0.294 e. The number of ether oxygens (including phenoxy) is 1. The summed E-state index contributed by atoms with van der Waals surface area (Å²) in [7, 11) is 0. The Balaban J connectivity index is 2.84. The predicted molar refractivity (Wildman–Crippen MR) is 41.0 cm³/mol. The van der Waals surface area contributed by atoms with Gasteiger partial charge in [0.1, 0.15) is 0 Å². The number of aliphatic imine (C=N–C) groups is 1. The second-order valence-electron chi connectivity index (χ2n) is 2.56. The van der Waals surface area contributed by atoms with E-state index in [1.54, 1.807) is 0 Å². The summed E-state index contributed by atoms with van der Waals surface area (Å²) in [6.45, 7) is 3.77. The highest BCUT2D eigenvalue weighted by atomic mass is 16.5. The molecule has 0 fully saturated rings. The molecule has 0 unspecified atom stereocenters. The zero-order chi connectivity index (χ0) is 8.48. The number of nitrogens with zero attached hydrogens (tertiary/aromatic N) is 1. The summed E-state index contributed by atoms with van der Waals surface area (Å²) in [5.41, 5.74) is 4.50. The Kier molecular flexibility index (Phi) is 1.85. The van der Waals surface area contributed by atoms with Crippen LogP contribution < -0.4 is 5.73 Å². The average Bonchev–Trinajstić information content (AvgIpc) is 2.27. The van der Waals surface area contributed by atoms with Gasteiger partial charge in [0, 0.05) is 0 Å². The summed E-state index contributed by atoms with van der Waals surface area (Å²) in [5.74, 6) is -0.250. The highest BCUT2D eigenvalue weighted by Gasteiger charge is 2.42. The van der Waals surface area contributed by atoms with Crippen LogP contribution in [0, 0.1) is 0 Å². The molecule has 0 aromatic heterocycles. The van der Waals surface area contributed by atoms with Gasteiger partial charge in [-0.2, -0.15) is 4.99 Å². The summed E-state index contributed by atoms with van der Waals surface area (Å²) >= 11 is 0. The van der Waals surface area contributed by atoms with Gasteiger partial charge in [-0.1, -0.05) is 13.8 Å². The molecule has 1 amide bonds. The number of rotatable bonds is 2. The molecular formula is C7H12N2O2. The van der Waals surface area contributed by atoms with Crippen molar-refractivity contribution in [3.05, 3.63) is 0 Å². The van der Waals surface area contributed by atoms with Crippen LogP contribution in [0.4, 0.5) is 0 Å². The van der Waals surface area contributed by atoms with Crippen molar-refractivity contribution in [3.8, 4) is 0 Å². The van der Waals surface area contributed by atoms with Crippen molar-refractivity contribution in [2.45, 2.75) is 32.3 Å². The van der Waals surface area contributed by atoms with Crippen molar-refractivity contribution in [2.75, 3.05) is 0 Å². The Hall–Kier alpha value is -1.06. The van der Waals surface area contributed by atoms with Gasteiger partial charge >= 0.3 is 0 Å². The molecule has 11 heavy (non-hydrogen) atoms. The largest absolute Gasteiger partial charge is 0.448 e. The van der Waals surface area contributed by atoms with Gasteiger partial charge in [-0.15, -0.1) is 0 Å². The van der Waals surface area contributed by atoms with Crippen molar-refractivity contribution < 1.29 is 9.53 Å². The molecule has 0 atom stereocenters. The molecule has 1 aliphatic rings. The Morgan fingerprint density at radius 3 is 2.27 bits per heavy atom. The second kappa shape index (κ2) is 2.53. The van der Waals surface area contributed by atoms with E-state index in [4.69, 9.17) is 10.5 Å². The minimum atomic E-state index is -0.760. The van der Waals surface area contributed by atoms with Crippen molar-refractivity contribution >= 4 is 11.9 Å². The smallest absolute Gasteiger partial charge is 0.294 e. The van der Waals surface area contributed by atoms with Gasteiger partial charge in [0.05, 0.1) is 0 Å². The maximum atomic E-state index is 11.2. The van der Waals surface area contributed by atoms with E-state index < -0.39 is 5.60 Å². The molecule has 0 aromatic carbocycles. The molecule has 62 valence electrons. The summed E-state index contributed by atoms with van der Waals surface area (Å²) < 4.78 is 5.14. The molecule has 4 nitrogen and oxygen atoms in total. The first-order chi connectivity index (χ1) is 5.14. The molecule has 0 radical (unpaired) electrons. The molecule has 0 bridgehead atoms. The van der Waals surface area contributed by atoms with Gasteiger partial charge in [0.2, 0.25) is 0 Å². The summed E-state index contributed by atoms with van der Waals surface area (Å²) in [5, 5.41) is 0. The van der Waals surface area contributed by atoms with Crippen LogP contribution in [0.3, 0.4) is 0 Å². The lowest BCUT2D eigenvalue weighted by Crippen LogP contribution is -2.36. The summed E-state index contributed by atoms with van der Waals surface area (Å²) in [6, 6.07) is -0.00120. The fourth-order valence-corrected chi connectivity index (χ4v) is 1.17. The third kappa shape index (κ3) is 1.08. The summed E-state index contributed by atoms with van der Waals surface area (Å²) in [6.07, 6.45) is 1.24. The highest BCUT2D eigenvalue weighted by Crippen LogP contribution is 2.26. The Morgan fingerprint density at radius 1 is 1.55 bits per heavy atom. The monoisotopic (exact) mass is 156 g/mol. The maximum absolute atomic E-state index is 11.2. The van der Waals surface area contributed by atoms with Crippen LogP contribution in [0.25, 0.3) is 0 Å². The number of hydrogen-bond donors (Lipinski definition) is 1. The van der Waals surface area contributed by atoms with Crippen LogP contribution >= 0.6 is 0 Å². The highest BCUT2D eigenvalue weighted by molar-refractivity contribution is 6.00. The topological polar surface area (TPSA) is 64.7 Å². The van der Waals surface area contributed by atoms with E-state index in [9.17, 15) is 4.79 Å². The Morgan fingerprint density at radius 2 is 2.09 bits per heavy atom. The van der Waals surface area contributed by atoms with Crippen molar-refractivity contribution in [1.82, 2.24) is 0 Å². The normalized spacial score (nSPS) is 21.3. The number of nitrogens with two attached hydrogens (primary N) is 1. The number of carbonyl (C=O) groups excluding carboxylic acids is 1. The van der Waals surface area contributed by atoms with Gasteiger partial charge in [0.25, 0.3) is 11.9 Å². The third-order valence-electron chi connectivity index (χ3n) is 2.04. The zero-order valence-electron chi connectivity index (χ0n) is 6.76. The minimum absolute atomic E-state index is 0.00120. The Bertz CT molecular complexity index is 206. The van der Waals surface area contributed by atoms with E-state index in [0.29, 0.717) is 12.8 Å². The standard InChI is InChI=1S/C7H12N2O2/c1-3-7(4-2)5(10)9-6(8)11-7/h3-4H2,1-2H3,(H2,8,9,10). The molecule has 1 aliphatic heterocycles. The van der Waals surface area contributed by atoms with Gasteiger partial charge in [0.15, 0.2) is 5.60 Å². The first-order valence-electron chi connectivity index (χ1n) is 3.72. The Labute approximate surface area is 65.4 Å². The minimum Gasteiger partial charge on any atom is -0.448 e.